The summed E-state index contributed by atoms with van der Waals surface area (Å²) in [6, 6.07) is 8.86. The molecule has 3 nitrogen and oxygen atoms in total. The van der Waals surface area contributed by atoms with Crippen LogP contribution < -0.4 is 10.1 Å². The highest BCUT2D eigenvalue weighted by molar-refractivity contribution is 5.33. The number of methoxy groups -OCH3 is 1. The predicted molar refractivity (Wildman–Crippen MR) is 77.7 cm³/mol. The van der Waals surface area contributed by atoms with Crippen molar-refractivity contribution in [1.82, 2.24) is 5.32 Å². The molecule has 0 bridgehead atoms. The molecule has 2 atom stereocenters. The monoisotopic (exact) mass is 263 g/mol. The highest BCUT2D eigenvalue weighted by atomic mass is 16.5. The number of benzene rings is 1. The molecule has 106 valence electrons. The van der Waals surface area contributed by atoms with Gasteiger partial charge in [0.1, 0.15) is 5.75 Å². The zero-order valence-corrected chi connectivity index (χ0v) is 12.0. The van der Waals surface area contributed by atoms with Crippen LogP contribution in [0.4, 0.5) is 0 Å². The molecule has 0 spiro atoms. The highest BCUT2D eigenvalue weighted by Crippen LogP contribution is 2.25. The summed E-state index contributed by atoms with van der Waals surface area (Å²) in [5, 5.41) is 3.66. The first-order valence-electron chi connectivity index (χ1n) is 7.28. The first kappa shape index (κ1) is 14.4. The molecule has 1 N–H and O–H groups in total. The van der Waals surface area contributed by atoms with Crippen LogP contribution in [0.2, 0.25) is 0 Å². The van der Waals surface area contributed by atoms with Crippen LogP contribution in [0.15, 0.2) is 24.3 Å². The zero-order chi connectivity index (χ0) is 13.5. The molecule has 1 aliphatic heterocycles. The van der Waals surface area contributed by atoms with Gasteiger partial charge in [0.2, 0.25) is 0 Å². The van der Waals surface area contributed by atoms with Crippen LogP contribution in [0.1, 0.15) is 25.3 Å². The molecule has 0 saturated carbocycles. The zero-order valence-electron chi connectivity index (χ0n) is 12.0. The van der Waals surface area contributed by atoms with Crippen molar-refractivity contribution in [2.24, 2.45) is 5.92 Å². The molecule has 0 aromatic heterocycles. The Kier molecular flexibility index (Phi) is 5.67. The van der Waals surface area contributed by atoms with E-state index in [4.69, 9.17) is 9.47 Å². The van der Waals surface area contributed by atoms with Crippen LogP contribution in [-0.4, -0.2) is 32.9 Å². The van der Waals surface area contributed by atoms with Gasteiger partial charge in [0, 0.05) is 18.6 Å². The third-order valence-electron chi connectivity index (χ3n) is 3.81. The average molecular weight is 263 g/mol. The van der Waals surface area contributed by atoms with Crippen molar-refractivity contribution in [1.29, 1.82) is 0 Å². The Hall–Kier alpha value is -1.06. The quantitative estimate of drug-likeness (QED) is 0.856. The van der Waals surface area contributed by atoms with Gasteiger partial charge in [-0.1, -0.05) is 25.1 Å². The van der Waals surface area contributed by atoms with Gasteiger partial charge < -0.3 is 14.8 Å². The van der Waals surface area contributed by atoms with Gasteiger partial charge in [-0.25, -0.2) is 0 Å². The molecule has 1 aliphatic rings. The first-order chi connectivity index (χ1) is 9.35. The molecule has 1 saturated heterocycles. The van der Waals surface area contributed by atoms with Crippen LogP contribution in [0, 0.1) is 5.92 Å². The van der Waals surface area contributed by atoms with E-state index in [0.29, 0.717) is 12.0 Å². The molecular formula is C16H25NO2. The largest absolute Gasteiger partial charge is 0.496 e. The number of hydrogen-bond acceptors (Lipinski definition) is 3. The summed E-state index contributed by atoms with van der Waals surface area (Å²) in [6.45, 7) is 5.03. The molecule has 0 radical (unpaired) electrons. The van der Waals surface area contributed by atoms with E-state index in [9.17, 15) is 0 Å². The Labute approximate surface area is 116 Å². The fourth-order valence-corrected chi connectivity index (χ4v) is 2.75. The van der Waals surface area contributed by atoms with Crippen molar-refractivity contribution in [2.75, 3.05) is 26.9 Å². The number of rotatable bonds is 6. The van der Waals surface area contributed by atoms with Crippen LogP contribution in [0.5, 0.6) is 5.75 Å². The predicted octanol–water partition coefficient (Wildman–Crippen LogP) is 2.64. The van der Waals surface area contributed by atoms with E-state index >= 15 is 0 Å². The molecule has 1 fully saturated rings. The first-order valence-corrected chi connectivity index (χ1v) is 7.28. The summed E-state index contributed by atoms with van der Waals surface area (Å²) in [5.41, 5.74) is 1.28. The van der Waals surface area contributed by atoms with Crippen LogP contribution >= 0.6 is 0 Å². The lowest BCUT2D eigenvalue weighted by Crippen LogP contribution is -2.44. The van der Waals surface area contributed by atoms with Crippen molar-refractivity contribution in [3.63, 3.8) is 0 Å². The van der Waals surface area contributed by atoms with Crippen molar-refractivity contribution < 1.29 is 9.47 Å². The van der Waals surface area contributed by atoms with Gasteiger partial charge in [0.15, 0.2) is 0 Å². The lowest BCUT2D eigenvalue weighted by molar-refractivity contribution is 0.0321. The molecule has 1 heterocycles. The normalized spacial score (nSPS) is 23.3. The fourth-order valence-electron chi connectivity index (χ4n) is 2.75. The summed E-state index contributed by atoms with van der Waals surface area (Å²) < 4.78 is 11.1. The molecule has 1 aromatic carbocycles. The minimum absolute atomic E-state index is 0.539. The standard InChI is InChI=1S/C16H25NO2/c1-3-9-17-15-8-10-19-12-14(15)11-13-6-4-5-7-16(13)18-2/h4-7,14-15,17H,3,8-12H2,1-2H3. The second-order valence-electron chi connectivity index (χ2n) is 5.20. The smallest absolute Gasteiger partial charge is 0.122 e. The van der Waals surface area contributed by atoms with Crippen molar-refractivity contribution in [2.45, 2.75) is 32.2 Å². The van der Waals surface area contributed by atoms with E-state index in [1.54, 1.807) is 7.11 Å². The maximum atomic E-state index is 5.66. The van der Waals surface area contributed by atoms with Crippen molar-refractivity contribution in [3.8, 4) is 5.75 Å². The third kappa shape index (κ3) is 3.95. The van der Waals surface area contributed by atoms with Gasteiger partial charge in [-0.3, -0.25) is 0 Å². The number of ether oxygens (including phenoxy) is 2. The Bertz CT molecular complexity index is 381. The highest BCUT2D eigenvalue weighted by Gasteiger charge is 2.26. The van der Waals surface area contributed by atoms with Crippen LogP contribution in [0.25, 0.3) is 0 Å². The molecule has 0 aliphatic carbocycles. The maximum absolute atomic E-state index is 5.66. The minimum Gasteiger partial charge on any atom is -0.496 e. The van der Waals surface area contributed by atoms with Gasteiger partial charge in [-0.05, 0) is 37.4 Å². The summed E-state index contributed by atoms with van der Waals surface area (Å²) in [5.74, 6) is 1.53. The van der Waals surface area contributed by atoms with Gasteiger partial charge in [-0.15, -0.1) is 0 Å². The van der Waals surface area contributed by atoms with E-state index in [0.717, 1.165) is 38.3 Å². The Morgan fingerprint density at radius 2 is 2.21 bits per heavy atom. The number of hydrogen-bond donors (Lipinski definition) is 1. The Balaban J connectivity index is 2.02. The summed E-state index contributed by atoms with van der Waals surface area (Å²) >= 11 is 0. The van der Waals surface area contributed by atoms with Crippen molar-refractivity contribution in [3.05, 3.63) is 29.8 Å². The minimum atomic E-state index is 0.539. The number of nitrogens with one attached hydrogen (secondary N) is 1. The molecule has 1 aromatic rings. The van der Waals surface area contributed by atoms with E-state index in [1.807, 2.05) is 12.1 Å². The van der Waals surface area contributed by atoms with E-state index in [1.165, 1.54) is 12.0 Å². The molecule has 0 amide bonds. The number of para-hydroxylation sites is 1. The van der Waals surface area contributed by atoms with Gasteiger partial charge in [0.05, 0.1) is 13.7 Å². The molecular weight excluding hydrogens is 238 g/mol. The van der Waals surface area contributed by atoms with Crippen LogP contribution in [-0.2, 0) is 11.2 Å². The van der Waals surface area contributed by atoms with Crippen LogP contribution in [0.3, 0.4) is 0 Å². The molecule has 2 rings (SSSR count). The Morgan fingerprint density at radius 1 is 1.37 bits per heavy atom. The molecule has 3 heteroatoms. The lowest BCUT2D eigenvalue weighted by atomic mass is 9.89. The topological polar surface area (TPSA) is 30.5 Å². The van der Waals surface area contributed by atoms with Gasteiger partial charge in [0.25, 0.3) is 0 Å². The molecule has 2 unspecified atom stereocenters. The second kappa shape index (κ2) is 7.51. The average Bonchev–Trinajstić information content (AvgIpc) is 2.47. The fraction of sp³-hybridized carbons (Fsp3) is 0.625. The molecule has 19 heavy (non-hydrogen) atoms. The Morgan fingerprint density at radius 3 is 3.00 bits per heavy atom. The SMILES string of the molecule is CCCNC1CCOCC1Cc1ccccc1OC. The van der Waals surface area contributed by atoms with Crippen molar-refractivity contribution >= 4 is 0 Å². The lowest BCUT2D eigenvalue weighted by Gasteiger charge is -2.32. The van der Waals surface area contributed by atoms with Gasteiger partial charge in [-0.2, -0.15) is 0 Å². The van der Waals surface area contributed by atoms with E-state index < -0.39 is 0 Å². The summed E-state index contributed by atoms with van der Waals surface area (Å²) in [7, 11) is 1.74. The summed E-state index contributed by atoms with van der Waals surface area (Å²) in [4.78, 5) is 0. The second-order valence-corrected chi connectivity index (χ2v) is 5.20. The van der Waals surface area contributed by atoms with Gasteiger partial charge >= 0.3 is 0 Å². The maximum Gasteiger partial charge on any atom is 0.122 e. The summed E-state index contributed by atoms with van der Waals surface area (Å²) in [6.07, 6.45) is 3.31. The van der Waals surface area contributed by atoms with E-state index in [2.05, 4.69) is 24.4 Å². The third-order valence-corrected chi connectivity index (χ3v) is 3.81. The van der Waals surface area contributed by atoms with E-state index in [-0.39, 0.29) is 0 Å².